The molecule has 0 heterocycles. The predicted octanol–water partition coefficient (Wildman–Crippen LogP) is 10.0. The van der Waals surface area contributed by atoms with Gasteiger partial charge in [0.05, 0.1) is 0 Å². The monoisotopic (exact) mass is 568 g/mol. The normalized spacial score (nSPS) is 12.9. The van der Waals surface area contributed by atoms with Crippen molar-refractivity contribution in [3.8, 4) is 0 Å². The van der Waals surface area contributed by atoms with E-state index >= 15 is 0 Å². The molecule has 0 aliphatic heterocycles. The van der Waals surface area contributed by atoms with E-state index in [2.05, 4.69) is 25.7 Å². The molecule has 0 radical (unpaired) electrons. The van der Waals surface area contributed by atoms with Gasteiger partial charge < -0.3 is 14.4 Å². The van der Waals surface area contributed by atoms with Crippen molar-refractivity contribution in [2.24, 2.45) is 5.92 Å². The molecule has 0 fully saturated rings. The highest BCUT2D eigenvalue weighted by Crippen LogP contribution is 2.24. The van der Waals surface area contributed by atoms with E-state index in [1.807, 2.05) is 14.1 Å². The predicted molar refractivity (Wildman–Crippen MR) is 171 cm³/mol. The summed E-state index contributed by atoms with van der Waals surface area (Å²) < 4.78 is 11.7. The lowest BCUT2D eigenvalue weighted by Crippen LogP contribution is -2.33. The molecule has 5 heteroatoms. The topological polar surface area (TPSA) is 55.8 Å². The quantitative estimate of drug-likeness (QED) is 0.0638. The number of hydrogen-bond donors (Lipinski definition) is 0. The summed E-state index contributed by atoms with van der Waals surface area (Å²) in [5.41, 5.74) is 0. The van der Waals surface area contributed by atoms with Crippen molar-refractivity contribution in [2.45, 2.75) is 181 Å². The molecule has 0 bridgehead atoms. The summed E-state index contributed by atoms with van der Waals surface area (Å²) in [7, 11) is 4.03. The third-order valence-electron chi connectivity index (χ3n) is 8.04. The first-order valence-corrected chi connectivity index (χ1v) is 17.4. The van der Waals surface area contributed by atoms with Crippen molar-refractivity contribution in [1.82, 2.24) is 4.90 Å². The summed E-state index contributed by atoms with van der Waals surface area (Å²) in [6, 6.07) is 0. The Kier molecular flexibility index (Phi) is 28.6. The van der Waals surface area contributed by atoms with Gasteiger partial charge in [-0.1, -0.05) is 136 Å². The van der Waals surface area contributed by atoms with E-state index in [1.54, 1.807) is 0 Å². The number of nitrogens with zero attached hydrogens (tertiary/aromatic N) is 1. The van der Waals surface area contributed by atoms with Crippen LogP contribution in [-0.4, -0.2) is 50.2 Å². The van der Waals surface area contributed by atoms with Crippen LogP contribution in [0.5, 0.6) is 0 Å². The zero-order valence-electron chi connectivity index (χ0n) is 27.6. The molecule has 238 valence electrons. The van der Waals surface area contributed by atoms with Gasteiger partial charge in [-0.25, -0.2) is 0 Å². The van der Waals surface area contributed by atoms with E-state index < -0.39 is 0 Å². The number of hydrogen-bond acceptors (Lipinski definition) is 5. The van der Waals surface area contributed by atoms with Crippen molar-refractivity contribution >= 4 is 11.9 Å². The summed E-state index contributed by atoms with van der Waals surface area (Å²) >= 11 is 0. The minimum absolute atomic E-state index is 0.143. The Morgan fingerprint density at radius 1 is 0.550 bits per heavy atom. The summed E-state index contributed by atoms with van der Waals surface area (Å²) in [6.07, 6.45) is 27.4. The molecule has 2 atom stereocenters. The molecule has 2 unspecified atom stereocenters. The van der Waals surface area contributed by atoms with Crippen molar-refractivity contribution in [3.63, 3.8) is 0 Å². The van der Waals surface area contributed by atoms with Gasteiger partial charge in [0.2, 0.25) is 0 Å². The maximum absolute atomic E-state index is 12.6. The van der Waals surface area contributed by atoms with Crippen LogP contribution < -0.4 is 0 Å². The first kappa shape index (κ1) is 38.9. The van der Waals surface area contributed by atoms with Crippen molar-refractivity contribution < 1.29 is 19.1 Å². The van der Waals surface area contributed by atoms with Gasteiger partial charge in [0, 0.05) is 12.8 Å². The highest BCUT2D eigenvalue weighted by Gasteiger charge is 2.26. The van der Waals surface area contributed by atoms with E-state index in [0.717, 1.165) is 57.9 Å². The molecule has 0 aliphatic rings. The first-order valence-electron chi connectivity index (χ1n) is 17.4. The summed E-state index contributed by atoms with van der Waals surface area (Å²) in [5.74, 6) is -0.0413. The second-order valence-electron chi connectivity index (χ2n) is 12.4. The Hall–Kier alpha value is -1.10. The van der Waals surface area contributed by atoms with Crippen LogP contribution in [0.3, 0.4) is 0 Å². The minimum atomic E-state index is -0.324. The van der Waals surface area contributed by atoms with E-state index in [0.29, 0.717) is 12.8 Å². The lowest BCUT2D eigenvalue weighted by molar-refractivity contribution is -0.163. The molecule has 0 aliphatic carbocycles. The van der Waals surface area contributed by atoms with Crippen LogP contribution in [-0.2, 0) is 19.1 Å². The van der Waals surface area contributed by atoms with Crippen LogP contribution >= 0.6 is 0 Å². The van der Waals surface area contributed by atoms with Crippen molar-refractivity contribution in [1.29, 1.82) is 0 Å². The van der Waals surface area contributed by atoms with E-state index in [4.69, 9.17) is 9.47 Å². The molecule has 0 aromatic heterocycles. The van der Waals surface area contributed by atoms with Gasteiger partial charge in [0.25, 0.3) is 0 Å². The molecule has 0 aromatic rings. The number of rotatable bonds is 30. The van der Waals surface area contributed by atoms with Crippen LogP contribution in [0.25, 0.3) is 0 Å². The fourth-order valence-corrected chi connectivity index (χ4v) is 5.38. The average molecular weight is 568 g/mol. The fraction of sp³-hybridized carbons (Fsp3) is 0.943. The lowest BCUT2D eigenvalue weighted by Gasteiger charge is -2.27. The van der Waals surface area contributed by atoms with E-state index in [1.165, 1.54) is 89.9 Å². The highest BCUT2D eigenvalue weighted by atomic mass is 16.6. The molecule has 0 aromatic carbocycles. The van der Waals surface area contributed by atoms with E-state index in [9.17, 15) is 9.59 Å². The van der Waals surface area contributed by atoms with E-state index in [-0.39, 0.29) is 30.6 Å². The molecule has 5 nitrogen and oxygen atoms in total. The number of carbonyl (C=O) groups excluding carboxylic acids is 2. The number of esters is 2. The Morgan fingerprint density at radius 3 is 1.52 bits per heavy atom. The third-order valence-corrected chi connectivity index (χ3v) is 8.04. The van der Waals surface area contributed by atoms with Crippen LogP contribution in [0.2, 0.25) is 0 Å². The zero-order chi connectivity index (χ0) is 29.7. The minimum Gasteiger partial charge on any atom is -0.462 e. The Labute approximate surface area is 249 Å². The zero-order valence-corrected chi connectivity index (χ0v) is 27.6. The maximum atomic E-state index is 12.6. The molecule has 0 rings (SSSR count). The first-order chi connectivity index (χ1) is 19.4. The highest BCUT2D eigenvalue weighted by molar-refractivity contribution is 5.70. The van der Waals surface area contributed by atoms with Gasteiger partial charge in [-0.3, -0.25) is 9.59 Å². The summed E-state index contributed by atoms with van der Waals surface area (Å²) in [4.78, 5) is 27.2. The summed E-state index contributed by atoms with van der Waals surface area (Å²) in [5, 5.41) is 0. The Morgan fingerprint density at radius 2 is 1.00 bits per heavy atom. The molecule has 0 spiro atoms. The van der Waals surface area contributed by atoms with Crippen LogP contribution in [0.15, 0.2) is 0 Å². The third kappa shape index (κ3) is 25.8. The molecular weight excluding hydrogens is 498 g/mol. The number of unbranched alkanes of at least 4 members (excludes halogenated alkanes) is 16. The smallest absolute Gasteiger partial charge is 0.306 e. The van der Waals surface area contributed by atoms with Gasteiger partial charge in [0.15, 0.2) is 0 Å². The van der Waals surface area contributed by atoms with Crippen LogP contribution in [0, 0.1) is 5.92 Å². The molecule has 40 heavy (non-hydrogen) atoms. The van der Waals surface area contributed by atoms with Gasteiger partial charge in [-0.05, 0) is 52.2 Å². The maximum Gasteiger partial charge on any atom is 0.306 e. The average Bonchev–Trinajstić information content (AvgIpc) is 2.93. The Balaban J connectivity index is 4.31. The molecule has 0 saturated heterocycles. The number of ether oxygens (including phenoxy) is 2. The van der Waals surface area contributed by atoms with Gasteiger partial charge >= 0.3 is 11.9 Å². The van der Waals surface area contributed by atoms with Crippen LogP contribution in [0.1, 0.15) is 175 Å². The molecular formula is C35H69NO4. The largest absolute Gasteiger partial charge is 0.462 e. The van der Waals surface area contributed by atoms with Gasteiger partial charge in [-0.2, -0.15) is 0 Å². The Bertz CT molecular complexity index is 566. The van der Waals surface area contributed by atoms with Crippen LogP contribution in [0.4, 0.5) is 0 Å². The SMILES string of the molecule is CCCCCCCCCCCCCCCCC(=O)OCC(OC(=O)CCCN(C)C)C(CCCC)CCCCC. The molecule has 0 saturated carbocycles. The summed E-state index contributed by atoms with van der Waals surface area (Å²) in [6.45, 7) is 7.75. The lowest BCUT2D eigenvalue weighted by atomic mass is 9.90. The molecule has 0 amide bonds. The van der Waals surface area contributed by atoms with Gasteiger partial charge in [0.1, 0.15) is 12.7 Å². The number of carbonyl (C=O) groups is 2. The molecule has 0 N–H and O–H groups in total. The van der Waals surface area contributed by atoms with Crippen molar-refractivity contribution in [3.05, 3.63) is 0 Å². The standard InChI is InChI=1S/C35H69NO4/c1-6-9-12-13-14-15-16-17-18-19-20-21-22-24-28-34(37)39-31-33(40-35(38)29-25-30-36(4)5)32(26-11-8-3)27-23-10-7-2/h32-33H,6-31H2,1-5H3. The van der Waals surface area contributed by atoms with Gasteiger partial charge in [-0.15, -0.1) is 0 Å². The van der Waals surface area contributed by atoms with Crippen molar-refractivity contribution in [2.75, 3.05) is 27.2 Å². The fourth-order valence-electron chi connectivity index (χ4n) is 5.38. The second kappa shape index (κ2) is 29.4. The second-order valence-corrected chi connectivity index (χ2v) is 12.4.